The molecule has 0 aliphatic rings. The van der Waals surface area contributed by atoms with E-state index in [4.69, 9.17) is 22.1 Å². The van der Waals surface area contributed by atoms with Gasteiger partial charge < -0.3 is 15.8 Å². The van der Waals surface area contributed by atoms with Crippen LogP contribution in [0.15, 0.2) is 24.3 Å². The monoisotopic (exact) mass is 272 g/mol. The minimum Gasteiger partial charge on any atom is -0.484 e. The average Bonchev–Trinajstić information content (AvgIpc) is 2.26. The number of nitrogens with two attached hydrogens (primary N) is 1. The maximum atomic E-state index is 11.3. The lowest BCUT2D eigenvalue weighted by Crippen LogP contribution is -2.31. The fraction of sp³-hybridized carbons (Fsp3) is 0.273. The van der Waals surface area contributed by atoms with E-state index in [0.29, 0.717) is 28.7 Å². The van der Waals surface area contributed by atoms with Crippen LogP contribution in [0.4, 0.5) is 0 Å². The summed E-state index contributed by atoms with van der Waals surface area (Å²) in [4.78, 5) is 11.7. The van der Waals surface area contributed by atoms with Gasteiger partial charge in [0.1, 0.15) is 5.75 Å². The van der Waals surface area contributed by atoms with Gasteiger partial charge in [0.25, 0.3) is 5.91 Å². The minimum atomic E-state index is -0.221. The molecule has 0 heterocycles. The molecule has 1 amide bonds. The second kappa shape index (κ2) is 7.09. The third-order valence-corrected chi connectivity index (χ3v) is 2.30. The maximum absolute atomic E-state index is 11.3. The van der Waals surface area contributed by atoms with Crippen LogP contribution in [0.2, 0.25) is 5.02 Å². The standard InChI is InChI=1S/C11H13ClN2O2S/c12-8-2-1-3-9(6-8)16-7-11(15)14-5-4-10(13)17/h1-3,6H,4-5,7H2,(H2,13,17)(H,14,15). The van der Waals surface area contributed by atoms with Crippen LogP contribution in [0.1, 0.15) is 6.42 Å². The van der Waals surface area contributed by atoms with E-state index >= 15 is 0 Å². The smallest absolute Gasteiger partial charge is 0.257 e. The van der Waals surface area contributed by atoms with E-state index in [9.17, 15) is 4.79 Å². The second-order valence-electron chi connectivity index (χ2n) is 3.31. The number of halogens is 1. The fourth-order valence-electron chi connectivity index (χ4n) is 1.08. The summed E-state index contributed by atoms with van der Waals surface area (Å²) in [6.45, 7) is 0.366. The first-order valence-electron chi connectivity index (χ1n) is 5.01. The summed E-state index contributed by atoms with van der Waals surface area (Å²) >= 11 is 10.5. The highest BCUT2D eigenvalue weighted by atomic mass is 35.5. The number of nitrogens with one attached hydrogen (secondary N) is 1. The highest BCUT2D eigenvalue weighted by molar-refractivity contribution is 7.80. The van der Waals surface area contributed by atoms with Crippen molar-refractivity contribution in [3.05, 3.63) is 29.3 Å². The maximum Gasteiger partial charge on any atom is 0.257 e. The molecule has 1 aromatic rings. The van der Waals surface area contributed by atoms with Crippen molar-refractivity contribution in [2.75, 3.05) is 13.2 Å². The summed E-state index contributed by atoms with van der Waals surface area (Å²) in [5, 5.41) is 3.20. The van der Waals surface area contributed by atoms with Crippen molar-refractivity contribution in [3.63, 3.8) is 0 Å². The summed E-state index contributed by atoms with van der Waals surface area (Å²) in [6.07, 6.45) is 0.484. The van der Waals surface area contributed by atoms with Crippen molar-refractivity contribution in [2.24, 2.45) is 5.73 Å². The van der Waals surface area contributed by atoms with Gasteiger partial charge in [-0.05, 0) is 18.2 Å². The van der Waals surface area contributed by atoms with Gasteiger partial charge in [-0.25, -0.2) is 0 Å². The van der Waals surface area contributed by atoms with Crippen LogP contribution < -0.4 is 15.8 Å². The third-order valence-electron chi connectivity index (χ3n) is 1.86. The zero-order chi connectivity index (χ0) is 12.7. The van der Waals surface area contributed by atoms with Gasteiger partial charge in [0.05, 0.1) is 4.99 Å². The van der Waals surface area contributed by atoms with Crippen LogP contribution in [-0.2, 0) is 4.79 Å². The molecule has 0 saturated carbocycles. The van der Waals surface area contributed by atoms with Gasteiger partial charge in [-0.1, -0.05) is 29.9 Å². The molecule has 3 N–H and O–H groups in total. The number of thiocarbonyl (C=S) groups is 1. The normalized spacial score (nSPS) is 9.71. The molecule has 17 heavy (non-hydrogen) atoms. The van der Waals surface area contributed by atoms with E-state index in [0.717, 1.165) is 0 Å². The Morgan fingerprint density at radius 1 is 1.53 bits per heavy atom. The first-order chi connectivity index (χ1) is 8.08. The number of ether oxygens (including phenoxy) is 1. The van der Waals surface area contributed by atoms with Crippen LogP contribution >= 0.6 is 23.8 Å². The van der Waals surface area contributed by atoms with Crippen molar-refractivity contribution in [1.82, 2.24) is 5.32 Å². The number of hydrogen-bond acceptors (Lipinski definition) is 3. The molecule has 6 heteroatoms. The predicted molar refractivity (Wildman–Crippen MR) is 71.4 cm³/mol. The number of hydrogen-bond donors (Lipinski definition) is 2. The molecule has 0 unspecified atom stereocenters. The quantitative estimate of drug-likeness (QED) is 0.771. The zero-order valence-corrected chi connectivity index (χ0v) is 10.7. The van der Waals surface area contributed by atoms with Gasteiger partial charge in [-0.2, -0.15) is 0 Å². The van der Waals surface area contributed by atoms with Crippen LogP contribution in [0.3, 0.4) is 0 Å². The average molecular weight is 273 g/mol. The van der Waals surface area contributed by atoms with Gasteiger partial charge in [0, 0.05) is 18.0 Å². The SMILES string of the molecule is NC(=S)CCNC(=O)COc1cccc(Cl)c1. The molecule has 0 radical (unpaired) electrons. The Bertz CT molecular complexity index is 412. The highest BCUT2D eigenvalue weighted by Gasteiger charge is 2.02. The first kappa shape index (κ1) is 13.7. The molecule has 0 bridgehead atoms. The summed E-state index contributed by atoms with van der Waals surface area (Å²) in [7, 11) is 0. The molecule has 0 atom stereocenters. The summed E-state index contributed by atoms with van der Waals surface area (Å²) < 4.78 is 5.25. The Morgan fingerprint density at radius 2 is 2.29 bits per heavy atom. The van der Waals surface area contributed by atoms with Crippen LogP contribution in [0.5, 0.6) is 5.75 Å². The number of amides is 1. The molecule has 0 aliphatic heterocycles. The summed E-state index contributed by atoms with van der Waals surface area (Å²) in [5.74, 6) is 0.336. The van der Waals surface area contributed by atoms with Crippen LogP contribution in [-0.4, -0.2) is 24.0 Å². The molecular formula is C11H13ClN2O2S. The highest BCUT2D eigenvalue weighted by Crippen LogP contribution is 2.16. The van der Waals surface area contributed by atoms with E-state index in [-0.39, 0.29) is 12.5 Å². The van der Waals surface area contributed by atoms with Crippen LogP contribution in [0.25, 0.3) is 0 Å². The van der Waals surface area contributed by atoms with E-state index in [2.05, 4.69) is 17.5 Å². The Labute approximate surface area is 110 Å². The Balaban J connectivity index is 2.26. The van der Waals surface area contributed by atoms with E-state index in [1.807, 2.05) is 0 Å². The van der Waals surface area contributed by atoms with Crippen molar-refractivity contribution in [3.8, 4) is 5.75 Å². The van der Waals surface area contributed by atoms with Gasteiger partial charge in [-0.15, -0.1) is 0 Å². The number of carbonyl (C=O) groups is 1. The summed E-state index contributed by atoms with van der Waals surface area (Å²) in [6, 6.07) is 6.86. The van der Waals surface area contributed by atoms with Crippen molar-refractivity contribution < 1.29 is 9.53 Å². The van der Waals surface area contributed by atoms with E-state index in [1.165, 1.54) is 0 Å². The molecule has 0 fully saturated rings. The number of benzene rings is 1. The van der Waals surface area contributed by atoms with E-state index < -0.39 is 0 Å². The predicted octanol–water partition coefficient (Wildman–Crippen LogP) is 1.51. The fourth-order valence-corrected chi connectivity index (χ4v) is 1.36. The molecule has 0 aromatic heterocycles. The largest absolute Gasteiger partial charge is 0.484 e. The number of rotatable bonds is 6. The van der Waals surface area contributed by atoms with Crippen molar-refractivity contribution >= 4 is 34.7 Å². The lowest BCUT2D eigenvalue weighted by atomic mass is 10.3. The molecular weight excluding hydrogens is 260 g/mol. The lowest BCUT2D eigenvalue weighted by Gasteiger charge is -2.07. The van der Waals surface area contributed by atoms with Crippen LogP contribution in [0, 0.1) is 0 Å². The molecule has 0 aliphatic carbocycles. The molecule has 92 valence electrons. The lowest BCUT2D eigenvalue weighted by molar-refractivity contribution is -0.123. The van der Waals surface area contributed by atoms with Gasteiger partial charge in [0.15, 0.2) is 6.61 Å². The molecule has 0 saturated heterocycles. The zero-order valence-electron chi connectivity index (χ0n) is 9.11. The van der Waals surface area contributed by atoms with Crippen molar-refractivity contribution in [1.29, 1.82) is 0 Å². The Morgan fingerprint density at radius 3 is 2.94 bits per heavy atom. The van der Waals surface area contributed by atoms with Gasteiger partial charge in [-0.3, -0.25) is 4.79 Å². The van der Waals surface area contributed by atoms with Gasteiger partial charge >= 0.3 is 0 Å². The third kappa shape index (κ3) is 6.09. The first-order valence-corrected chi connectivity index (χ1v) is 5.80. The number of carbonyl (C=O) groups excluding carboxylic acids is 1. The molecule has 4 nitrogen and oxygen atoms in total. The van der Waals surface area contributed by atoms with Crippen molar-refractivity contribution in [2.45, 2.75) is 6.42 Å². The topological polar surface area (TPSA) is 64.3 Å². The molecule has 1 aromatic carbocycles. The van der Waals surface area contributed by atoms with Gasteiger partial charge in [0.2, 0.25) is 0 Å². The Kier molecular flexibility index (Phi) is 5.72. The van der Waals surface area contributed by atoms with E-state index in [1.54, 1.807) is 24.3 Å². The molecule has 0 spiro atoms. The summed E-state index contributed by atoms with van der Waals surface area (Å²) in [5.41, 5.74) is 5.29. The Hall–Kier alpha value is -1.33. The second-order valence-corrected chi connectivity index (χ2v) is 4.27. The molecule has 1 rings (SSSR count). The minimum absolute atomic E-state index is 0.0579.